The van der Waals surface area contributed by atoms with E-state index in [4.69, 9.17) is 5.73 Å². The van der Waals surface area contributed by atoms with Crippen LogP contribution < -0.4 is 5.73 Å². The van der Waals surface area contributed by atoms with Crippen molar-refractivity contribution < 1.29 is 4.79 Å². The van der Waals surface area contributed by atoms with Crippen LogP contribution in [0.5, 0.6) is 0 Å². The fourth-order valence-electron chi connectivity index (χ4n) is 2.75. The number of carbonyl (C=O) groups is 1. The molecule has 118 valence electrons. The first-order chi connectivity index (χ1) is 9.38. The van der Waals surface area contributed by atoms with Gasteiger partial charge in [-0.1, -0.05) is 43.7 Å². The van der Waals surface area contributed by atoms with Gasteiger partial charge in [0.1, 0.15) is 0 Å². The third-order valence-corrected chi connectivity index (χ3v) is 4.41. The van der Waals surface area contributed by atoms with Crippen molar-refractivity contribution in [3.8, 4) is 0 Å². The molecule has 0 saturated carbocycles. The summed E-state index contributed by atoms with van der Waals surface area (Å²) in [5.41, 5.74) is 8.63. The normalized spacial score (nSPS) is 20.8. The average Bonchev–Trinajstić information content (AvgIpc) is 2.41. The summed E-state index contributed by atoms with van der Waals surface area (Å²) in [4.78, 5) is 14.3. The predicted molar refractivity (Wildman–Crippen MR) is 89.7 cm³/mol. The van der Waals surface area contributed by atoms with E-state index in [1.54, 1.807) is 0 Å². The molecule has 1 unspecified atom stereocenters. The summed E-state index contributed by atoms with van der Waals surface area (Å²) >= 11 is 0. The number of carbonyl (C=O) groups excluding carboxylic acids is 1. The molecule has 3 nitrogen and oxygen atoms in total. The molecule has 1 atom stereocenters. The van der Waals surface area contributed by atoms with Crippen LogP contribution in [0.1, 0.15) is 37.8 Å². The van der Waals surface area contributed by atoms with Gasteiger partial charge < -0.3 is 10.6 Å². The van der Waals surface area contributed by atoms with Gasteiger partial charge in [-0.25, -0.2) is 0 Å². The summed E-state index contributed by atoms with van der Waals surface area (Å²) in [7, 11) is 0. The molecule has 21 heavy (non-hydrogen) atoms. The molecule has 2 rings (SSSR count). The van der Waals surface area contributed by atoms with Crippen LogP contribution in [0.15, 0.2) is 24.3 Å². The highest BCUT2D eigenvalue weighted by molar-refractivity contribution is 5.85. The third kappa shape index (κ3) is 4.72. The lowest BCUT2D eigenvalue weighted by Crippen LogP contribution is -2.54. The number of benzene rings is 1. The van der Waals surface area contributed by atoms with Crippen LogP contribution in [0.2, 0.25) is 0 Å². The summed E-state index contributed by atoms with van der Waals surface area (Å²) in [6.45, 7) is 7.96. The van der Waals surface area contributed by atoms with Gasteiger partial charge in [0.25, 0.3) is 0 Å². The number of hydrogen-bond donors (Lipinski definition) is 1. The molecule has 1 fully saturated rings. The standard InChI is InChI=1S/C17H26N2O.ClH/c1-13-4-6-14(7-5-13)8-9-16(20)19-11-10-15(18)17(2,3)12-19;/h4-7,15H,8-12,18H2,1-3H3;1H. The summed E-state index contributed by atoms with van der Waals surface area (Å²) in [6, 6.07) is 8.62. The molecule has 2 N–H and O–H groups in total. The van der Waals surface area contributed by atoms with Gasteiger partial charge in [0.2, 0.25) is 5.91 Å². The Kier molecular flexibility index (Phi) is 6.24. The van der Waals surface area contributed by atoms with Crippen LogP contribution in [0.4, 0.5) is 0 Å². The van der Waals surface area contributed by atoms with Crippen molar-refractivity contribution in [1.29, 1.82) is 0 Å². The van der Waals surface area contributed by atoms with Gasteiger partial charge in [-0.05, 0) is 30.7 Å². The van der Waals surface area contributed by atoms with Crippen LogP contribution in [-0.4, -0.2) is 29.9 Å². The molecular formula is C17H27ClN2O. The number of nitrogens with zero attached hydrogens (tertiary/aromatic N) is 1. The Labute approximate surface area is 134 Å². The largest absolute Gasteiger partial charge is 0.342 e. The lowest BCUT2D eigenvalue weighted by atomic mass is 9.79. The minimum Gasteiger partial charge on any atom is -0.342 e. The topological polar surface area (TPSA) is 46.3 Å². The molecule has 4 heteroatoms. The number of hydrogen-bond acceptors (Lipinski definition) is 2. The minimum atomic E-state index is 0. The smallest absolute Gasteiger partial charge is 0.222 e. The van der Waals surface area contributed by atoms with Crippen LogP contribution >= 0.6 is 12.4 Å². The van der Waals surface area contributed by atoms with E-state index in [2.05, 4.69) is 45.0 Å². The van der Waals surface area contributed by atoms with E-state index in [0.29, 0.717) is 6.42 Å². The van der Waals surface area contributed by atoms with Crippen molar-refractivity contribution in [3.63, 3.8) is 0 Å². The Morgan fingerprint density at radius 2 is 1.95 bits per heavy atom. The van der Waals surface area contributed by atoms with Crippen LogP contribution in [0.25, 0.3) is 0 Å². The van der Waals surface area contributed by atoms with Crippen LogP contribution in [-0.2, 0) is 11.2 Å². The van der Waals surface area contributed by atoms with E-state index in [0.717, 1.165) is 25.9 Å². The first-order valence-corrected chi connectivity index (χ1v) is 7.47. The van der Waals surface area contributed by atoms with Gasteiger partial charge in [-0.2, -0.15) is 0 Å². The number of amides is 1. The first kappa shape index (κ1) is 18.0. The van der Waals surface area contributed by atoms with Gasteiger partial charge in [-0.3, -0.25) is 4.79 Å². The third-order valence-electron chi connectivity index (χ3n) is 4.41. The van der Waals surface area contributed by atoms with E-state index in [-0.39, 0.29) is 29.8 Å². The SMILES string of the molecule is Cc1ccc(CCC(=O)N2CCC(N)C(C)(C)C2)cc1.Cl. The maximum absolute atomic E-state index is 12.3. The van der Waals surface area contributed by atoms with Gasteiger partial charge in [0.05, 0.1) is 0 Å². The number of rotatable bonds is 3. The zero-order chi connectivity index (χ0) is 14.8. The monoisotopic (exact) mass is 310 g/mol. The minimum absolute atomic E-state index is 0. The second-order valence-electron chi connectivity index (χ2n) is 6.68. The summed E-state index contributed by atoms with van der Waals surface area (Å²) < 4.78 is 0. The fraction of sp³-hybridized carbons (Fsp3) is 0.588. The lowest BCUT2D eigenvalue weighted by molar-refractivity contribution is -0.134. The van der Waals surface area contributed by atoms with E-state index < -0.39 is 0 Å². The van der Waals surface area contributed by atoms with E-state index >= 15 is 0 Å². The van der Waals surface area contributed by atoms with Gasteiger partial charge in [-0.15, -0.1) is 12.4 Å². The summed E-state index contributed by atoms with van der Waals surface area (Å²) in [5, 5.41) is 0. The second kappa shape index (κ2) is 7.28. The van der Waals surface area contributed by atoms with Crippen molar-refractivity contribution >= 4 is 18.3 Å². The Balaban J connectivity index is 0.00000220. The Hall–Kier alpha value is -1.06. The predicted octanol–water partition coefficient (Wildman–Crippen LogP) is 2.94. The molecule has 0 spiro atoms. The molecule has 0 radical (unpaired) electrons. The quantitative estimate of drug-likeness (QED) is 0.933. The molecule has 1 aliphatic rings. The lowest BCUT2D eigenvalue weighted by Gasteiger charge is -2.42. The Morgan fingerprint density at radius 3 is 2.52 bits per heavy atom. The molecule has 0 aromatic heterocycles. The van der Waals surface area contributed by atoms with Gasteiger partial charge >= 0.3 is 0 Å². The van der Waals surface area contributed by atoms with E-state index in [1.807, 2.05) is 4.90 Å². The van der Waals surface area contributed by atoms with E-state index in [9.17, 15) is 4.79 Å². The first-order valence-electron chi connectivity index (χ1n) is 7.47. The second-order valence-corrected chi connectivity index (χ2v) is 6.68. The molecule has 1 heterocycles. The maximum Gasteiger partial charge on any atom is 0.222 e. The van der Waals surface area contributed by atoms with Gasteiger partial charge in [0, 0.05) is 25.6 Å². The number of nitrogens with two attached hydrogens (primary N) is 1. The molecule has 1 aromatic rings. The van der Waals surface area contributed by atoms with Crippen molar-refractivity contribution in [2.75, 3.05) is 13.1 Å². The molecule has 0 aliphatic carbocycles. The van der Waals surface area contributed by atoms with Crippen molar-refractivity contribution in [2.24, 2.45) is 11.1 Å². The van der Waals surface area contributed by atoms with Crippen molar-refractivity contribution in [2.45, 2.75) is 46.1 Å². The van der Waals surface area contributed by atoms with Crippen molar-refractivity contribution in [3.05, 3.63) is 35.4 Å². The van der Waals surface area contributed by atoms with Gasteiger partial charge in [0.15, 0.2) is 0 Å². The van der Waals surface area contributed by atoms with E-state index in [1.165, 1.54) is 11.1 Å². The molecule has 1 amide bonds. The summed E-state index contributed by atoms with van der Waals surface area (Å²) in [6.07, 6.45) is 2.32. The highest BCUT2D eigenvalue weighted by Crippen LogP contribution is 2.28. The maximum atomic E-state index is 12.3. The zero-order valence-corrected chi connectivity index (χ0v) is 14.1. The zero-order valence-electron chi connectivity index (χ0n) is 13.3. The van der Waals surface area contributed by atoms with Crippen LogP contribution in [0, 0.1) is 12.3 Å². The summed E-state index contributed by atoms with van der Waals surface area (Å²) in [5.74, 6) is 0.255. The highest BCUT2D eigenvalue weighted by Gasteiger charge is 2.34. The highest BCUT2D eigenvalue weighted by atomic mass is 35.5. The molecule has 1 saturated heterocycles. The number of aryl methyl sites for hydroxylation is 2. The number of piperidine rings is 1. The molecule has 1 aliphatic heterocycles. The number of likely N-dealkylation sites (tertiary alicyclic amines) is 1. The molecular weight excluding hydrogens is 284 g/mol. The van der Waals surface area contributed by atoms with Crippen LogP contribution in [0.3, 0.4) is 0 Å². The average molecular weight is 311 g/mol. The molecule has 0 bridgehead atoms. The fourth-order valence-corrected chi connectivity index (χ4v) is 2.75. The Morgan fingerprint density at radius 1 is 1.33 bits per heavy atom. The van der Waals surface area contributed by atoms with Crippen molar-refractivity contribution in [1.82, 2.24) is 4.90 Å². The molecule has 1 aromatic carbocycles. The Bertz CT molecular complexity index is 470. The number of halogens is 1.